The number of fused-ring (bicyclic) bond motifs is 1. The first-order valence-electron chi connectivity index (χ1n) is 6.01. The Kier molecular flexibility index (Phi) is 3.09. The van der Waals surface area contributed by atoms with Crippen molar-refractivity contribution in [2.45, 2.75) is 18.9 Å². The van der Waals surface area contributed by atoms with E-state index in [0.717, 1.165) is 29.0 Å². The highest BCUT2D eigenvalue weighted by Gasteiger charge is 2.14. The Balaban J connectivity index is 1.81. The number of nitrogens with two attached hydrogens (primary N) is 1. The van der Waals surface area contributed by atoms with E-state index in [1.54, 1.807) is 16.8 Å². The summed E-state index contributed by atoms with van der Waals surface area (Å²) in [6, 6.07) is 2.33. The lowest BCUT2D eigenvalue weighted by Crippen LogP contribution is -2.29. The van der Waals surface area contributed by atoms with Crippen LogP contribution in [-0.4, -0.2) is 33.7 Å². The number of nitrogens with one attached hydrogen (secondary N) is 2. The lowest BCUT2D eigenvalue weighted by atomic mass is 10.2. The quantitative estimate of drug-likeness (QED) is 0.795. The predicted octanol–water partition coefficient (Wildman–Crippen LogP) is 1.24. The second-order valence-electron chi connectivity index (χ2n) is 4.47. The van der Waals surface area contributed by atoms with E-state index in [1.807, 2.05) is 0 Å². The molecule has 0 aliphatic carbocycles. The van der Waals surface area contributed by atoms with Gasteiger partial charge in [-0.25, -0.2) is 4.98 Å². The number of aromatic nitrogens is 3. The van der Waals surface area contributed by atoms with Crippen LogP contribution in [0.5, 0.6) is 0 Å². The first-order valence-corrected chi connectivity index (χ1v) is 6.80. The standard InChI is InChI=1S/C11H15BrN6/c12-8-6-16-18-9(13)4-10(17-11(8)18)15-5-7-2-1-3-14-7/h4,6-7,14H,1-3,5,13H2,(H,15,17)/t7-/m1/s1. The molecule has 1 fully saturated rings. The molecule has 1 aliphatic rings. The fourth-order valence-corrected chi connectivity index (χ4v) is 2.56. The van der Waals surface area contributed by atoms with Crippen molar-refractivity contribution in [2.24, 2.45) is 0 Å². The van der Waals surface area contributed by atoms with E-state index in [4.69, 9.17) is 5.73 Å². The zero-order chi connectivity index (χ0) is 12.5. The molecular weight excluding hydrogens is 296 g/mol. The molecule has 4 N–H and O–H groups in total. The van der Waals surface area contributed by atoms with Crippen molar-refractivity contribution in [3.8, 4) is 0 Å². The molecule has 3 heterocycles. The van der Waals surface area contributed by atoms with Crippen LogP contribution in [0.1, 0.15) is 12.8 Å². The Morgan fingerprint density at radius 2 is 2.50 bits per heavy atom. The lowest BCUT2D eigenvalue weighted by molar-refractivity contribution is 0.632. The van der Waals surface area contributed by atoms with Gasteiger partial charge in [-0.05, 0) is 35.3 Å². The summed E-state index contributed by atoms with van der Waals surface area (Å²) >= 11 is 3.41. The van der Waals surface area contributed by atoms with E-state index in [0.29, 0.717) is 11.9 Å². The number of halogens is 1. The van der Waals surface area contributed by atoms with E-state index >= 15 is 0 Å². The molecule has 1 atom stereocenters. The van der Waals surface area contributed by atoms with Crippen LogP contribution in [0, 0.1) is 0 Å². The van der Waals surface area contributed by atoms with Crippen molar-refractivity contribution in [3.05, 3.63) is 16.7 Å². The highest BCUT2D eigenvalue weighted by molar-refractivity contribution is 9.10. The maximum atomic E-state index is 5.94. The summed E-state index contributed by atoms with van der Waals surface area (Å²) in [5, 5.41) is 10.9. The highest BCUT2D eigenvalue weighted by Crippen LogP contribution is 2.20. The zero-order valence-corrected chi connectivity index (χ0v) is 11.4. The van der Waals surface area contributed by atoms with E-state index < -0.39 is 0 Å². The minimum Gasteiger partial charge on any atom is -0.383 e. The molecule has 0 amide bonds. The maximum Gasteiger partial charge on any atom is 0.173 e. The second-order valence-corrected chi connectivity index (χ2v) is 5.32. The normalized spacial score (nSPS) is 19.5. The van der Waals surface area contributed by atoms with Crippen LogP contribution in [0.15, 0.2) is 16.7 Å². The van der Waals surface area contributed by atoms with Crippen molar-refractivity contribution in [1.82, 2.24) is 19.9 Å². The van der Waals surface area contributed by atoms with Gasteiger partial charge < -0.3 is 16.4 Å². The average molecular weight is 311 g/mol. The van der Waals surface area contributed by atoms with Gasteiger partial charge in [-0.15, -0.1) is 0 Å². The number of hydrogen-bond acceptors (Lipinski definition) is 5. The Hall–Kier alpha value is -1.34. The van der Waals surface area contributed by atoms with E-state index in [1.165, 1.54) is 12.8 Å². The van der Waals surface area contributed by atoms with Gasteiger partial charge in [0.1, 0.15) is 11.6 Å². The third-order valence-corrected chi connectivity index (χ3v) is 3.71. The van der Waals surface area contributed by atoms with Gasteiger partial charge in [0, 0.05) is 18.7 Å². The molecule has 3 rings (SSSR count). The summed E-state index contributed by atoms with van der Waals surface area (Å²) in [5.41, 5.74) is 6.67. The topological polar surface area (TPSA) is 80.3 Å². The first-order chi connectivity index (χ1) is 8.74. The summed E-state index contributed by atoms with van der Waals surface area (Å²) in [7, 11) is 0. The van der Waals surface area contributed by atoms with Gasteiger partial charge in [0.05, 0.1) is 10.7 Å². The van der Waals surface area contributed by atoms with Crippen LogP contribution in [0.25, 0.3) is 5.65 Å². The van der Waals surface area contributed by atoms with Gasteiger partial charge >= 0.3 is 0 Å². The van der Waals surface area contributed by atoms with Crippen LogP contribution < -0.4 is 16.4 Å². The van der Waals surface area contributed by atoms with Gasteiger partial charge in [0.15, 0.2) is 5.65 Å². The third-order valence-electron chi connectivity index (χ3n) is 3.15. The van der Waals surface area contributed by atoms with Gasteiger partial charge in [-0.1, -0.05) is 0 Å². The van der Waals surface area contributed by atoms with Crippen LogP contribution >= 0.6 is 15.9 Å². The number of rotatable bonds is 3. The Labute approximate surface area is 113 Å². The zero-order valence-electron chi connectivity index (χ0n) is 9.86. The van der Waals surface area contributed by atoms with Crippen LogP contribution in [0.4, 0.5) is 11.6 Å². The molecule has 6 nitrogen and oxygen atoms in total. The minimum absolute atomic E-state index is 0.526. The summed E-state index contributed by atoms with van der Waals surface area (Å²) in [4.78, 5) is 4.49. The van der Waals surface area contributed by atoms with Crippen molar-refractivity contribution in [3.63, 3.8) is 0 Å². The molecular formula is C11H15BrN6. The molecule has 1 aliphatic heterocycles. The predicted molar refractivity (Wildman–Crippen MR) is 74.6 cm³/mol. The van der Waals surface area contributed by atoms with Crippen molar-refractivity contribution in [1.29, 1.82) is 0 Å². The number of anilines is 2. The molecule has 96 valence electrons. The van der Waals surface area contributed by atoms with Gasteiger partial charge in [-0.2, -0.15) is 9.61 Å². The molecule has 0 spiro atoms. The first kappa shape index (κ1) is 11.7. The SMILES string of the molecule is Nc1cc(NC[C@H]2CCCN2)nc2c(Br)cnn12. The maximum absolute atomic E-state index is 5.94. The molecule has 7 heteroatoms. The number of nitrogens with zero attached hydrogens (tertiary/aromatic N) is 3. The molecule has 0 bridgehead atoms. The summed E-state index contributed by atoms with van der Waals surface area (Å²) in [6.45, 7) is 1.98. The Morgan fingerprint density at radius 1 is 1.61 bits per heavy atom. The van der Waals surface area contributed by atoms with Gasteiger partial charge in [0.2, 0.25) is 0 Å². The number of nitrogen functional groups attached to an aromatic ring is 1. The summed E-state index contributed by atoms with van der Waals surface area (Å²) in [5.74, 6) is 1.36. The van der Waals surface area contributed by atoms with Gasteiger partial charge in [-0.3, -0.25) is 0 Å². The van der Waals surface area contributed by atoms with Crippen LogP contribution in [0.3, 0.4) is 0 Å². The second kappa shape index (κ2) is 4.74. The van der Waals surface area contributed by atoms with Crippen molar-refractivity contribution >= 4 is 33.2 Å². The lowest BCUT2D eigenvalue weighted by Gasteiger charge is -2.12. The molecule has 0 saturated carbocycles. The van der Waals surface area contributed by atoms with Crippen molar-refractivity contribution < 1.29 is 0 Å². The summed E-state index contributed by atoms with van der Waals surface area (Å²) in [6.07, 6.45) is 4.15. The molecule has 0 radical (unpaired) electrons. The van der Waals surface area contributed by atoms with Crippen LogP contribution in [0.2, 0.25) is 0 Å². The Bertz CT molecular complexity index is 560. The average Bonchev–Trinajstić information content (AvgIpc) is 2.98. The summed E-state index contributed by atoms with van der Waals surface area (Å²) < 4.78 is 2.46. The molecule has 2 aromatic heterocycles. The molecule has 0 unspecified atom stereocenters. The smallest absolute Gasteiger partial charge is 0.173 e. The third kappa shape index (κ3) is 2.15. The monoisotopic (exact) mass is 310 g/mol. The van der Waals surface area contributed by atoms with Crippen molar-refractivity contribution in [2.75, 3.05) is 24.1 Å². The molecule has 0 aromatic carbocycles. The largest absolute Gasteiger partial charge is 0.383 e. The van der Waals surface area contributed by atoms with E-state index in [2.05, 4.69) is 36.6 Å². The Morgan fingerprint density at radius 3 is 3.28 bits per heavy atom. The molecule has 1 saturated heterocycles. The minimum atomic E-state index is 0.526. The van der Waals surface area contributed by atoms with Crippen LogP contribution in [-0.2, 0) is 0 Å². The van der Waals surface area contributed by atoms with E-state index in [9.17, 15) is 0 Å². The van der Waals surface area contributed by atoms with E-state index in [-0.39, 0.29) is 0 Å². The fourth-order valence-electron chi connectivity index (χ4n) is 2.21. The fraction of sp³-hybridized carbons (Fsp3) is 0.455. The molecule has 18 heavy (non-hydrogen) atoms. The number of hydrogen-bond donors (Lipinski definition) is 3. The molecule has 2 aromatic rings. The highest BCUT2D eigenvalue weighted by atomic mass is 79.9. The van der Waals surface area contributed by atoms with Gasteiger partial charge in [0.25, 0.3) is 0 Å².